The second-order valence-electron chi connectivity index (χ2n) is 5.72. The molecular weight excluding hydrogens is 268 g/mol. The van der Waals surface area contributed by atoms with Crippen LogP contribution in [0.4, 0.5) is 0 Å². The van der Waals surface area contributed by atoms with Crippen LogP contribution in [0.15, 0.2) is 30.3 Å². The summed E-state index contributed by atoms with van der Waals surface area (Å²) in [7, 11) is 0. The molecule has 3 rings (SSSR count). The van der Waals surface area contributed by atoms with E-state index in [9.17, 15) is 4.79 Å². The summed E-state index contributed by atoms with van der Waals surface area (Å²) < 4.78 is 0. The van der Waals surface area contributed by atoms with Crippen molar-refractivity contribution in [2.24, 2.45) is 0 Å². The average molecular weight is 290 g/mol. The Hall–Kier alpha value is -1.00. The number of nitrogens with zero attached hydrogens (tertiary/aromatic N) is 1. The maximum absolute atomic E-state index is 12.6. The van der Waals surface area contributed by atoms with E-state index in [0.717, 1.165) is 6.42 Å². The second kappa shape index (κ2) is 5.78. The molecule has 2 aliphatic rings. The molecule has 3 nitrogen and oxygen atoms in total. The summed E-state index contributed by atoms with van der Waals surface area (Å²) in [6.07, 6.45) is 5.80. The Balaban J connectivity index is 1.91. The standard InChI is InChI=1S/C16H22N2OS/c1-11-16(19)18(13-9-6-10-14(13)20-2)15(17-11)12-7-4-3-5-8-12/h3-5,7-8,11,13-15,17H,6,9-10H2,1-2H3. The minimum Gasteiger partial charge on any atom is -0.317 e. The van der Waals surface area contributed by atoms with Crippen molar-refractivity contribution in [2.75, 3.05) is 6.26 Å². The molecular formula is C16H22N2OS. The summed E-state index contributed by atoms with van der Waals surface area (Å²) in [6, 6.07) is 10.6. The van der Waals surface area contributed by atoms with E-state index in [1.807, 2.05) is 36.9 Å². The van der Waals surface area contributed by atoms with Gasteiger partial charge in [0.05, 0.1) is 6.04 Å². The van der Waals surface area contributed by atoms with Crippen molar-refractivity contribution in [1.82, 2.24) is 10.2 Å². The van der Waals surface area contributed by atoms with Crippen LogP contribution < -0.4 is 5.32 Å². The van der Waals surface area contributed by atoms with E-state index in [4.69, 9.17) is 0 Å². The number of hydrogen-bond acceptors (Lipinski definition) is 3. The Kier molecular flexibility index (Phi) is 4.03. The molecule has 0 spiro atoms. The summed E-state index contributed by atoms with van der Waals surface area (Å²) in [5, 5.41) is 4.04. The molecule has 1 aliphatic heterocycles. The highest BCUT2D eigenvalue weighted by atomic mass is 32.2. The monoisotopic (exact) mass is 290 g/mol. The number of hydrogen-bond donors (Lipinski definition) is 1. The highest BCUT2D eigenvalue weighted by Gasteiger charge is 2.44. The van der Waals surface area contributed by atoms with Crippen LogP contribution in [-0.4, -0.2) is 34.4 Å². The zero-order chi connectivity index (χ0) is 14.1. The molecule has 1 aliphatic carbocycles. The number of thioether (sulfide) groups is 1. The van der Waals surface area contributed by atoms with Crippen molar-refractivity contribution < 1.29 is 4.79 Å². The smallest absolute Gasteiger partial charge is 0.241 e. The third-order valence-electron chi connectivity index (χ3n) is 4.50. The van der Waals surface area contributed by atoms with Crippen molar-refractivity contribution in [1.29, 1.82) is 0 Å². The lowest BCUT2D eigenvalue weighted by Crippen LogP contribution is -2.43. The SMILES string of the molecule is CSC1CCCC1N1C(=O)C(C)NC1c1ccccc1. The van der Waals surface area contributed by atoms with Gasteiger partial charge < -0.3 is 4.90 Å². The van der Waals surface area contributed by atoms with E-state index >= 15 is 0 Å². The van der Waals surface area contributed by atoms with Crippen LogP contribution in [0.5, 0.6) is 0 Å². The van der Waals surface area contributed by atoms with E-state index in [-0.39, 0.29) is 18.1 Å². The number of amides is 1. The Bertz CT molecular complexity index is 479. The minimum atomic E-state index is -0.0803. The summed E-state index contributed by atoms with van der Waals surface area (Å²) in [5.74, 6) is 0.254. The van der Waals surface area contributed by atoms with Gasteiger partial charge in [-0.3, -0.25) is 10.1 Å². The number of nitrogens with one attached hydrogen (secondary N) is 1. The molecule has 108 valence electrons. The van der Waals surface area contributed by atoms with Gasteiger partial charge in [0.15, 0.2) is 0 Å². The van der Waals surface area contributed by atoms with Gasteiger partial charge in [0.1, 0.15) is 6.17 Å². The molecule has 4 unspecified atom stereocenters. The molecule has 2 fully saturated rings. The zero-order valence-electron chi connectivity index (χ0n) is 12.1. The molecule has 1 aromatic carbocycles. The maximum Gasteiger partial charge on any atom is 0.241 e. The normalized spacial score (nSPS) is 33.9. The van der Waals surface area contributed by atoms with Gasteiger partial charge in [-0.25, -0.2) is 0 Å². The Morgan fingerprint density at radius 2 is 2.00 bits per heavy atom. The van der Waals surface area contributed by atoms with Crippen LogP contribution in [0.25, 0.3) is 0 Å². The lowest BCUT2D eigenvalue weighted by Gasteiger charge is -2.33. The molecule has 4 heteroatoms. The first-order valence-corrected chi connectivity index (χ1v) is 8.67. The van der Waals surface area contributed by atoms with E-state index in [1.54, 1.807) is 0 Å². The van der Waals surface area contributed by atoms with Crippen molar-refractivity contribution in [2.45, 2.75) is 49.7 Å². The van der Waals surface area contributed by atoms with Gasteiger partial charge >= 0.3 is 0 Å². The van der Waals surface area contributed by atoms with Gasteiger partial charge in [0.2, 0.25) is 5.91 Å². The second-order valence-corrected chi connectivity index (χ2v) is 6.80. The molecule has 4 atom stereocenters. The lowest BCUT2D eigenvalue weighted by atomic mass is 10.1. The van der Waals surface area contributed by atoms with E-state index in [2.05, 4.69) is 28.6 Å². The summed E-state index contributed by atoms with van der Waals surface area (Å²) in [6.45, 7) is 1.97. The lowest BCUT2D eigenvalue weighted by molar-refractivity contribution is -0.131. The molecule has 1 amide bonds. The Morgan fingerprint density at radius 3 is 2.70 bits per heavy atom. The van der Waals surface area contributed by atoms with Crippen LogP contribution in [0, 0.1) is 0 Å². The predicted octanol–water partition coefficient (Wildman–Crippen LogP) is 2.79. The first kappa shape index (κ1) is 14.0. The van der Waals surface area contributed by atoms with Gasteiger partial charge in [-0.2, -0.15) is 11.8 Å². The summed E-state index contributed by atoms with van der Waals surface area (Å²) in [5.41, 5.74) is 1.19. The van der Waals surface area contributed by atoms with E-state index < -0.39 is 0 Å². The van der Waals surface area contributed by atoms with E-state index in [0.29, 0.717) is 11.3 Å². The minimum absolute atomic E-state index is 0.0384. The Labute approximate surface area is 125 Å². The molecule has 1 saturated carbocycles. The summed E-state index contributed by atoms with van der Waals surface area (Å²) in [4.78, 5) is 14.7. The largest absolute Gasteiger partial charge is 0.317 e. The van der Waals surface area contributed by atoms with Gasteiger partial charge in [-0.15, -0.1) is 0 Å². The Morgan fingerprint density at radius 1 is 1.25 bits per heavy atom. The number of benzene rings is 1. The van der Waals surface area contributed by atoms with Crippen LogP contribution in [0.3, 0.4) is 0 Å². The van der Waals surface area contributed by atoms with Gasteiger partial charge in [0, 0.05) is 11.3 Å². The van der Waals surface area contributed by atoms with Crippen molar-refractivity contribution in [3.8, 4) is 0 Å². The van der Waals surface area contributed by atoms with Crippen LogP contribution in [-0.2, 0) is 4.79 Å². The van der Waals surface area contributed by atoms with Crippen molar-refractivity contribution in [3.05, 3.63) is 35.9 Å². The first-order chi connectivity index (χ1) is 9.72. The van der Waals surface area contributed by atoms with Gasteiger partial charge in [-0.1, -0.05) is 36.8 Å². The fourth-order valence-electron chi connectivity index (χ4n) is 3.49. The number of carbonyl (C=O) groups is 1. The highest BCUT2D eigenvalue weighted by Crippen LogP contribution is 2.38. The molecule has 1 saturated heterocycles. The fourth-order valence-corrected chi connectivity index (χ4v) is 4.47. The topological polar surface area (TPSA) is 32.3 Å². The zero-order valence-corrected chi connectivity index (χ0v) is 12.9. The molecule has 0 bridgehead atoms. The van der Waals surface area contributed by atoms with Crippen LogP contribution in [0.2, 0.25) is 0 Å². The first-order valence-electron chi connectivity index (χ1n) is 7.38. The van der Waals surface area contributed by atoms with E-state index in [1.165, 1.54) is 18.4 Å². The third-order valence-corrected chi connectivity index (χ3v) is 5.66. The molecule has 1 N–H and O–H groups in total. The molecule has 0 radical (unpaired) electrons. The number of rotatable bonds is 3. The highest BCUT2D eigenvalue weighted by molar-refractivity contribution is 7.99. The fraction of sp³-hybridized carbons (Fsp3) is 0.562. The van der Waals surface area contributed by atoms with Crippen LogP contribution in [0.1, 0.15) is 37.9 Å². The van der Waals surface area contributed by atoms with Gasteiger partial charge in [0.25, 0.3) is 0 Å². The molecule has 1 heterocycles. The average Bonchev–Trinajstić information content (AvgIpc) is 3.05. The molecule has 0 aromatic heterocycles. The third kappa shape index (κ3) is 2.35. The maximum atomic E-state index is 12.6. The van der Waals surface area contributed by atoms with Crippen molar-refractivity contribution >= 4 is 17.7 Å². The predicted molar refractivity (Wildman–Crippen MR) is 83.6 cm³/mol. The van der Waals surface area contributed by atoms with Crippen molar-refractivity contribution in [3.63, 3.8) is 0 Å². The quantitative estimate of drug-likeness (QED) is 0.929. The number of carbonyl (C=O) groups excluding carboxylic acids is 1. The van der Waals surface area contributed by atoms with Crippen LogP contribution >= 0.6 is 11.8 Å². The van der Waals surface area contributed by atoms with Gasteiger partial charge in [-0.05, 0) is 31.6 Å². The molecule has 1 aromatic rings. The summed E-state index contributed by atoms with van der Waals surface area (Å²) >= 11 is 1.91. The molecule has 20 heavy (non-hydrogen) atoms.